The van der Waals surface area contributed by atoms with Gasteiger partial charge in [-0.25, -0.2) is 0 Å². The zero-order valence-electron chi connectivity index (χ0n) is 12.3. The molecule has 1 N–H and O–H groups in total. The summed E-state index contributed by atoms with van der Waals surface area (Å²) in [4.78, 5) is 4.56. The first kappa shape index (κ1) is 13.3. The van der Waals surface area contributed by atoms with Crippen LogP contribution in [0.4, 0.5) is 0 Å². The van der Waals surface area contributed by atoms with E-state index in [0.29, 0.717) is 0 Å². The second-order valence-electron chi connectivity index (χ2n) is 5.71. The molecule has 0 fully saturated rings. The van der Waals surface area contributed by atoms with Gasteiger partial charge in [0.15, 0.2) is 0 Å². The fraction of sp³-hybridized carbons (Fsp3) is 0.389. The SMILES string of the molecule is CNC(Cc1ccc2c(c1)CCC2)c1ncccc1C. The summed E-state index contributed by atoms with van der Waals surface area (Å²) in [5.74, 6) is 0. The minimum atomic E-state index is 0.288. The highest BCUT2D eigenvalue weighted by molar-refractivity contribution is 5.36. The Labute approximate surface area is 121 Å². The van der Waals surface area contributed by atoms with Crippen molar-refractivity contribution in [2.45, 2.75) is 38.6 Å². The Bertz CT molecular complexity index is 604. The summed E-state index contributed by atoms with van der Waals surface area (Å²) >= 11 is 0. The number of nitrogens with zero attached hydrogens (tertiary/aromatic N) is 1. The molecule has 0 saturated heterocycles. The van der Waals surface area contributed by atoms with Gasteiger partial charge in [0, 0.05) is 6.20 Å². The smallest absolute Gasteiger partial charge is 0.0605 e. The number of aromatic nitrogens is 1. The second-order valence-corrected chi connectivity index (χ2v) is 5.71. The molecule has 1 aliphatic carbocycles. The summed E-state index contributed by atoms with van der Waals surface area (Å²) in [6.07, 6.45) is 6.70. The third-order valence-electron chi connectivity index (χ3n) is 4.33. The highest BCUT2D eigenvalue weighted by Gasteiger charge is 2.16. The molecule has 1 atom stereocenters. The number of fused-ring (bicyclic) bond motifs is 1. The first-order valence-corrected chi connectivity index (χ1v) is 7.47. The molecular weight excluding hydrogens is 244 g/mol. The maximum atomic E-state index is 4.56. The van der Waals surface area contributed by atoms with Gasteiger partial charge in [0.05, 0.1) is 11.7 Å². The lowest BCUT2D eigenvalue weighted by Gasteiger charge is -2.18. The Morgan fingerprint density at radius 2 is 2.05 bits per heavy atom. The highest BCUT2D eigenvalue weighted by Crippen LogP contribution is 2.25. The van der Waals surface area contributed by atoms with Gasteiger partial charge in [0.1, 0.15) is 0 Å². The fourth-order valence-corrected chi connectivity index (χ4v) is 3.19. The second kappa shape index (κ2) is 5.76. The van der Waals surface area contributed by atoms with Crippen molar-refractivity contribution in [3.8, 4) is 0 Å². The van der Waals surface area contributed by atoms with Crippen molar-refractivity contribution in [1.29, 1.82) is 0 Å². The number of nitrogens with one attached hydrogen (secondary N) is 1. The van der Waals surface area contributed by atoms with E-state index < -0.39 is 0 Å². The molecule has 1 aliphatic rings. The van der Waals surface area contributed by atoms with Crippen molar-refractivity contribution in [2.24, 2.45) is 0 Å². The average molecular weight is 266 g/mol. The van der Waals surface area contributed by atoms with Crippen molar-refractivity contribution in [2.75, 3.05) is 7.05 Å². The summed E-state index contributed by atoms with van der Waals surface area (Å²) in [6.45, 7) is 2.13. The zero-order valence-corrected chi connectivity index (χ0v) is 12.3. The summed E-state index contributed by atoms with van der Waals surface area (Å²) in [5.41, 5.74) is 6.93. The van der Waals surface area contributed by atoms with Crippen LogP contribution in [0.2, 0.25) is 0 Å². The molecule has 1 heterocycles. The molecule has 2 nitrogen and oxygen atoms in total. The van der Waals surface area contributed by atoms with Gasteiger partial charge < -0.3 is 5.32 Å². The van der Waals surface area contributed by atoms with Crippen molar-refractivity contribution in [3.63, 3.8) is 0 Å². The van der Waals surface area contributed by atoms with Crippen molar-refractivity contribution in [3.05, 3.63) is 64.5 Å². The first-order chi connectivity index (χ1) is 9.78. The molecule has 0 bridgehead atoms. The predicted molar refractivity (Wildman–Crippen MR) is 82.9 cm³/mol. The lowest BCUT2D eigenvalue weighted by atomic mass is 9.97. The van der Waals surface area contributed by atoms with E-state index in [9.17, 15) is 0 Å². The lowest BCUT2D eigenvalue weighted by molar-refractivity contribution is 0.572. The molecule has 2 heteroatoms. The number of hydrogen-bond acceptors (Lipinski definition) is 2. The van der Waals surface area contributed by atoms with E-state index in [0.717, 1.165) is 12.1 Å². The lowest BCUT2D eigenvalue weighted by Crippen LogP contribution is -2.21. The Hall–Kier alpha value is -1.67. The van der Waals surface area contributed by atoms with E-state index in [1.807, 2.05) is 19.3 Å². The summed E-state index contributed by atoms with van der Waals surface area (Å²) in [7, 11) is 2.02. The Kier molecular flexibility index (Phi) is 3.83. The molecular formula is C18H22N2. The van der Waals surface area contributed by atoms with Gasteiger partial charge in [-0.05, 0) is 68.0 Å². The zero-order chi connectivity index (χ0) is 13.9. The molecule has 1 aromatic carbocycles. The van der Waals surface area contributed by atoms with E-state index >= 15 is 0 Å². The number of pyridine rings is 1. The molecule has 0 saturated carbocycles. The van der Waals surface area contributed by atoms with E-state index in [2.05, 4.69) is 41.5 Å². The number of likely N-dealkylation sites (N-methyl/N-ethyl adjacent to an activating group) is 1. The van der Waals surface area contributed by atoms with Crippen LogP contribution in [0.3, 0.4) is 0 Å². The van der Waals surface area contributed by atoms with E-state index in [4.69, 9.17) is 0 Å². The average Bonchev–Trinajstić information content (AvgIpc) is 2.93. The van der Waals surface area contributed by atoms with E-state index in [1.54, 1.807) is 11.1 Å². The van der Waals surface area contributed by atoms with Crippen molar-refractivity contribution in [1.82, 2.24) is 10.3 Å². The van der Waals surface area contributed by atoms with Gasteiger partial charge in [-0.15, -0.1) is 0 Å². The van der Waals surface area contributed by atoms with Crippen LogP contribution in [0.15, 0.2) is 36.5 Å². The predicted octanol–water partition coefficient (Wildman–Crippen LogP) is 3.38. The Balaban J connectivity index is 1.83. The number of aryl methyl sites for hydroxylation is 3. The molecule has 0 radical (unpaired) electrons. The van der Waals surface area contributed by atoms with Gasteiger partial charge in [-0.3, -0.25) is 4.98 Å². The maximum absolute atomic E-state index is 4.56. The largest absolute Gasteiger partial charge is 0.311 e. The molecule has 0 amide bonds. The Morgan fingerprint density at radius 1 is 1.20 bits per heavy atom. The number of hydrogen-bond donors (Lipinski definition) is 1. The van der Waals surface area contributed by atoms with Gasteiger partial charge in [-0.1, -0.05) is 24.3 Å². The van der Waals surface area contributed by atoms with E-state index in [-0.39, 0.29) is 6.04 Å². The molecule has 1 aromatic heterocycles. The third-order valence-corrected chi connectivity index (χ3v) is 4.33. The monoisotopic (exact) mass is 266 g/mol. The van der Waals surface area contributed by atoms with Gasteiger partial charge in [0.25, 0.3) is 0 Å². The summed E-state index contributed by atoms with van der Waals surface area (Å²) < 4.78 is 0. The van der Waals surface area contributed by atoms with Crippen LogP contribution < -0.4 is 5.32 Å². The molecule has 1 unspecified atom stereocenters. The van der Waals surface area contributed by atoms with E-state index in [1.165, 1.54) is 30.4 Å². The fourth-order valence-electron chi connectivity index (χ4n) is 3.19. The molecule has 3 rings (SSSR count). The molecule has 0 spiro atoms. The van der Waals surface area contributed by atoms with Crippen LogP contribution in [0.5, 0.6) is 0 Å². The maximum Gasteiger partial charge on any atom is 0.0605 e. The van der Waals surface area contributed by atoms with Crippen LogP contribution in [0, 0.1) is 6.92 Å². The summed E-state index contributed by atoms with van der Waals surface area (Å²) in [5, 5.41) is 3.41. The topological polar surface area (TPSA) is 24.9 Å². The van der Waals surface area contributed by atoms with Crippen LogP contribution in [0.1, 0.15) is 40.4 Å². The van der Waals surface area contributed by atoms with Crippen LogP contribution in [0.25, 0.3) is 0 Å². The molecule has 20 heavy (non-hydrogen) atoms. The van der Waals surface area contributed by atoms with Crippen molar-refractivity contribution >= 4 is 0 Å². The normalized spacial score (nSPS) is 15.1. The minimum absolute atomic E-state index is 0.288. The highest BCUT2D eigenvalue weighted by atomic mass is 14.9. The van der Waals surface area contributed by atoms with Gasteiger partial charge in [-0.2, -0.15) is 0 Å². The first-order valence-electron chi connectivity index (χ1n) is 7.47. The standard InChI is InChI=1S/C18H22N2/c1-13-5-4-10-20-18(13)17(19-2)12-14-8-9-15-6-3-7-16(15)11-14/h4-5,8-11,17,19H,3,6-7,12H2,1-2H3. The molecule has 104 valence electrons. The quantitative estimate of drug-likeness (QED) is 0.917. The molecule has 2 aromatic rings. The summed E-state index contributed by atoms with van der Waals surface area (Å²) in [6, 6.07) is 11.4. The van der Waals surface area contributed by atoms with Crippen LogP contribution >= 0.6 is 0 Å². The Morgan fingerprint density at radius 3 is 2.85 bits per heavy atom. The number of rotatable bonds is 4. The van der Waals surface area contributed by atoms with Crippen LogP contribution in [-0.2, 0) is 19.3 Å². The number of benzene rings is 1. The third kappa shape index (κ3) is 2.61. The van der Waals surface area contributed by atoms with Gasteiger partial charge >= 0.3 is 0 Å². The minimum Gasteiger partial charge on any atom is -0.311 e. The van der Waals surface area contributed by atoms with Crippen LogP contribution in [-0.4, -0.2) is 12.0 Å². The van der Waals surface area contributed by atoms with Crippen molar-refractivity contribution < 1.29 is 0 Å². The molecule has 0 aliphatic heterocycles. The van der Waals surface area contributed by atoms with Gasteiger partial charge in [0.2, 0.25) is 0 Å².